The lowest BCUT2D eigenvalue weighted by molar-refractivity contribution is -0.271. The highest BCUT2D eigenvalue weighted by atomic mass is 16.7. The Labute approximate surface area is 60.3 Å². The first-order chi connectivity index (χ1) is 4.91. The minimum absolute atomic E-state index is 0.349. The van der Waals surface area contributed by atoms with Crippen molar-refractivity contribution in [1.29, 1.82) is 0 Å². The lowest BCUT2D eigenvalue weighted by Gasteiger charge is -2.32. The molecular weight excluding hydrogens is 132 g/mol. The smallest absolute Gasteiger partial charge is 0.191 e. The molecule has 0 bridgehead atoms. The van der Waals surface area contributed by atoms with Crippen molar-refractivity contribution < 1.29 is 14.2 Å². The van der Waals surface area contributed by atoms with Crippen LogP contribution in [0, 0.1) is 0 Å². The molecule has 1 unspecified atom stereocenters. The molecule has 3 nitrogen and oxygen atoms in total. The van der Waals surface area contributed by atoms with Gasteiger partial charge in [0, 0.05) is 6.42 Å². The van der Waals surface area contributed by atoms with Crippen LogP contribution in [0.3, 0.4) is 0 Å². The molecule has 10 heavy (non-hydrogen) atoms. The van der Waals surface area contributed by atoms with Crippen molar-refractivity contribution in [2.75, 3.05) is 26.4 Å². The Morgan fingerprint density at radius 1 is 1.00 bits per heavy atom. The molecule has 1 spiro atoms. The zero-order valence-electron chi connectivity index (χ0n) is 5.97. The number of hydrogen-bond donors (Lipinski definition) is 0. The fourth-order valence-electron chi connectivity index (χ4n) is 1.46. The monoisotopic (exact) mass is 144 g/mol. The van der Waals surface area contributed by atoms with Crippen molar-refractivity contribution in [2.45, 2.75) is 18.6 Å². The van der Waals surface area contributed by atoms with E-state index in [4.69, 9.17) is 14.2 Å². The zero-order chi connectivity index (χ0) is 6.86. The minimum Gasteiger partial charge on any atom is -0.373 e. The number of rotatable bonds is 0. The zero-order valence-corrected chi connectivity index (χ0v) is 5.97. The van der Waals surface area contributed by atoms with Crippen LogP contribution in [0.2, 0.25) is 0 Å². The summed E-state index contributed by atoms with van der Waals surface area (Å²) in [5, 5.41) is 0. The summed E-state index contributed by atoms with van der Waals surface area (Å²) in [6.45, 7) is 2.83. The quantitative estimate of drug-likeness (QED) is 0.496. The van der Waals surface area contributed by atoms with Crippen LogP contribution in [0.1, 0.15) is 12.8 Å². The molecule has 2 rings (SSSR count). The number of ether oxygens (including phenoxy) is 3. The maximum atomic E-state index is 5.48. The first-order valence-electron chi connectivity index (χ1n) is 3.77. The molecule has 3 heteroatoms. The minimum atomic E-state index is -0.349. The Morgan fingerprint density at radius 3 is 2.50 bits per heavy atom. The first-order valence-corrected chi connectivity index (χ1v) is 3.77. The van der Waals surface area contributed by atoms with Crippen LogP contribution >= 0.6 is 0 Å². The van der Waals surface area contributed by atoms with E-state index in [2.05, 4.69) is 0 Å². The van der Waals surface area contributed by atoms with E-state index >= 15 is 0 Å². The predicted octanol–water partition coefficient (Wildman–Crippen LogP) is 0.540. The molecule has 2 fully saturated rings. The molecule has 2 aliphatic rings. The summed E-state index contributed by atoms with van der Waals surface area (Å²) in [6.07, 6.45) is 2.09. The fourth-order valence-corrected chi connectivity index (χ4v) is 1.46. The summed E-state index contributed by atoms with van der Waals surface area (Å²) in [4.78, 5) is 0. The molecule has 1 atom stereocenters. The highest BCUT2D eigenvalue weighted by molar-refractivity contribution is 4.76. The second-order valence-electron chi connectivity index (χ2n) is 2.76. The normalized spacial score (nSPS) is 40.8. The van der Waals surface area contributed by atoms with E-state index in [0.29, 0.717) is 19.8 Å². The Bertz CT molecular complexity index is 110. The van der Waals surface area contributed by atoms with Crippen LogP contribution in [-0.4, -0.2) is 32.2 Å². The van der Waals surface area contributed by atoms with Gasteiger partial charge in [-0.15, -0.1) is 0 Å². The van der Waals surface area contributed by atoms with Crippen LogP contribution in [0.4, 0.5) is 0 Å². The van der Waals surface area contributed by atoms with Gasteiger partial charge in [-0.2, -0.15) is 0 Å². The molecule has 0 N–H and O–H groups in total. The molecule has 0 saturated carbocycles. The van der Waals surface area contributed by atoms with Gasteiger partial charge in [-0.3, -0.25) is 0 Å². The summed E-state index contributed by atoms with van der Waals surface area (Å²) in [6, 6.07) is 0. The van der Waals surface area contributed by atoms with Gasteiger partial charge in [0.25, 0.3) is 0 Å². The standard InChI is InChI=1S/C7H12O3/c1-2-7(9-3-1)6-8-4-5-10-7/h1-6H2. The van der Waals surface area contributed by atoms with Crippen molar-refractivity contribution in [1.82, 2.24) is 0 Å². The van der Waals surface area contributed by atoms with Crippen LogP contribution in [0.5, 0.6) is 0 Å². The molecule has 2 heterocycles. The van der Waals surface area contributed by atoms with Gasteiger partial charge in [-0.05, 0) is 6.42 Å². The third-order valence-electron chi connectivity index (χ3n) is 1.98. The van der Waals surface area contributed by atoms with Crippen molar-refractivity contribution in [3.63, 3.8) is 0 Å². The van der Waals surface area contributed by atoms with Crippen molar-refractivity contribution in [3.8, 4) is 0 Å². The molecule has 0 aromatic heterocycles. The second-order valence-corrected chi connectivity index (χ2v) is 2.76. The van der Waals surface area contributed by atoms with Crippen LogP contribution in [0.15, 0.2) is 0 Å². The predicted molar refractivity (Wildman–Crippen MR) is 34.7 cm³/mol. The van der Waals surface area contributed by atoms with Gasteiger partial charge in [0.05, 0.1) is 19.8 Å². The maximum absolute atomic E-state index is 5.48. The van der Waals surface area contributed by atoms with Gasteiger partial charge in [0.1, 0.15) is 6.61 Å². The van der Waals surface area contributed by atoms with Crippen molar-refractivity contribution in [2.24, 2.45) is 0 Å². The van der Waals surface area contributed by atoms with Gasteiger partial charge >= 0.3 is 0 Å². The molecule has 0 radical (unpaired) electrons. The van der Waals surface area contributed by atoms with E-state index in [1.54, 1.807) is 0 Å². The topological polar surface area (TPSA) is 27.7 Å². The summed E-state index contributed by atoms with van der Waals surface area (Å²) in [7, 11) is 0. The summed E-state index contributed by atoms with van der Waals surface area (Å²) in [5.41, 5.74) is 0. The van der Waals surface area contributed by atoms with Crippen LogP contribution < -0.4 is 0 Å². The average molecular weight is 144 g/mol. The average Bonchev–Trinajstić information content (AvgIpc) is 2.39. The van der Waals surface area contributed by atoms with E-state index < -0.39 is 0 Å². The van der Waals surface area contributed by atoms with E-state index in [1.807, 2.05) is 0 Å². The van der Waals surface area contributed by atoms with E-state index in [0.717, 1.165) is 19.4 Å². The molecule has 0 aromatic rings. The summed E-state index contributed by atoms with van der Waals surface area (Å²) >= 11 is 0. The second kappa shape index (κ2) is 2.49. The molecule has 0 aliphatic carbocycles. The molecule has 2 aliphatic heterocycles. The maximum Gasteiger partial charge on any atom is 0.191 e. The highest BCUT2D eigenvalue weighted by Gasteiger charge is 2.38. The van der Waals surface area contributed by atoms with Crippen LogP contribution in [0.25, 0.3) is 0 Å². The van der Waals surface area contributed by atoms with Crippen LogP contribution in [-0.2, 0) is 14.2 Å². The van der Waals surface area contributed by atoms with Gasteiger partial charge in [-0.1, -0.05) is 0 Å². The third-order valence-corrected chi connectivity index (χ3v) is 1.98. The van der Waals surface area contributed by atoms with Gasteiger partial charge in [0.2, 0.25) is 0 Å². The first kappa shape index (κ1) is 6.58. The molecule has 58 valence electrons. The number of hydrogen-bond acceptors (Lipinski definition) is 3. The molecule has 2 saturated heterocycles. The summed E-state index contributed by atoms with van der Waals surface area (Å²) < 4.78 is 16.2. The van der Waals surface area contributed by atoms with Gasteiger partial charge < -0.3 is 14.2 Å². The van der Waals surface area contributed by atoms with E-state index in [-0.39, 0.29) is 5.79 Å². The van der Waals surface area contributed by atoms with Gasteiger partial charge in [-0.25, -0.2) is 0 Å². The fraction of sp³-hybridized carbons (Fsp3) is 1.00. The SMILES string of the molecule is C1COC2(C1)COCCO2. The largest absolute Gasteiger partial charge is 0.373 e. The Morgan fingerprint density at radius 2 is 1.90 bits per heavy atom. The Hall–Kier alpha value is -0.120. The Balaban J connectivity index is 1.98. The van der Waals surface area contributed by atoms with E-state index in [1.165, 1.54) is 0 Å². The molecule has 0 amide bonds. The lowest BCUT2D eigenvalue weighted by atomic mass is 10.2. The third kappa shape index (κ3) is 1.05. The van der Waals surface area contributed by atoms with Gasteiger partial charge in [0.15, 0.2) is 5.79 Å². The molecule has 0 aromatic carbocycles. The summed E-state index contributed by atoms with van der Waals surface area (Å²) in [5.74, 6) is -0.349. The molecular formula is C7H12O3. The lowest BCUT2D eigenvalue weighted by Crippen LogP contribution is -2.42. The van der Waals surface area contributed by atoms with Crippen molar-refractivity contribution in [3.05, 3.63) is 0 Å². The van der Waals surface area contributed by atoms with Crippen molar-refractivity contribution >= 4 is 0 Å². The Kier molecular flexibility index (Phi) is 1.64. The van der Waals surface area contributed by atoms with E-state index in [9.17, 15) is 0 Å². The highest BCUT2D eigenvalue weighted by Crippen LogP contribution is 2.28.